The second-order valence-electron chi connectivity index (χ2n) is 6.49. The monoisotopic (exact) mass is 398 g/mol. The molecule has 2 aliphatic rings. The normalized spacial score (nSPS) is 23.4. The van der Waals surface area contributed by atoms with E-state index in [1.54, 1.807) is 0 Å². The van der Waals surface area contributed by atoms with Crippen LogP contribution in [-0.4, -0.2) is 38.9 Å². The van der Waals surface area contributed by atoms with Crippen LogP contribution in [0.25, 0.3) is 0 Å². The maximum atomic E-state index is 13.1. The number of halogens is 4. The van der Waals surface area contributed by atoms with Crippen LogP contribution in [0.4, 0.5) is 13.2 Å². The molecule has 2 saturated heterocycles. The fraction of sp³-hybridized carbons (Fsp3) is 0.625. The van der Waals surface area contributed by atoms with E-state index in [1.807, 2.05) is 0 Å². The van der Waals surface area contributed by atoms with Gasteiger partial charge >= 0.3 is 6.18 Å². The molecule has 0 bridgehead atoms. The quantitative estimate of drug-likeness (QED) is 0.851. The number of alkyl halides is 3. The van der Waals surface area contributed by atoms with Gasteiger partial charge in [0.05, 0.1) is 10.5 Å². The smallest absolute Gasteiger partial charge is 0.316 e. The van der Waals surface area contributed by atoms with Crippen molar-refractivity contribution in [2.45, 2.75) is 30.3 Å². The summed E-state index contributed by atoms with van der Waals surface area (Å²) in [5.41, 5.74) is -1.09. The summed E-state index contributed by atoms with van der Waals surface area (Å²) in [4.78, 5) is -0.640. The van der Waals surface area contributed by atoms with Gasteiger partial charge in [0.25, 0.3) is 0 Å². The summed E-state index contributed by atoms with van der Waals surface area (Å²) in [6, 6.07) is 4.41. The van der Waals surface area contributed by atoms with Gasteiger partial charge in [0.2, 0.25) is 10.0 Å². The lowest BCUT2D eigenvalue weighted by Gasteiger charge is -2.34. The lowest BCUT2D eigenvalue weighted by Crippen LogP contribution is -2.40. The molecule has 1 aromatic carbocycles. The van der Waals surface area contributed by atoms with Crippen LogP contribution in [0.2, 0.25) is 0 Å². The first-order valence-electron chi connectivity index (χ1n) is 8.17. The summed E-state index contributed by atoms with van der Waals surface area (Å²) < 4.78 is 66.0. The predicted molar refractivity (Wildman–Crippen MR) is 91.2 cm³/mol. The van der Waals surface area contributed by atoms with Gasteiger partial charge in [0.15, 0.2) is 0 Å². The van der Waals surface area contributed by atoms with Crippen molar-refractivity contribution >= 4 is 22.4 Å². The van der Waals surface area contributed by atoms with E-state index in [0.29, 0.717) is 24.7 Å². The molecule has 0 spiro atoms. The van der Waals surface area contributed by atoms with E-state index in [4.69, 9.17) is 0 Å². The Balaban J connectivity index is 0.00000225. The fourth-order valence-electron chi connectivity index (χ4n) is 3.73. The van der Waals surface area contributed by atoms with Crippen LogP contribution >= 0.6 is 12.4 Å². The maximum Gasteiger partial charge on any atom is 0.417 e. The third-order valence-corrected chi connectivity index (χ3v) is 7.03. The lowest BCUT2D eigenvalue weighted by molar-refractivity contribution is -0.139. The van der Waals surface area contributed by atoms with Crippen molar-refractivity contribution in [3.63, 3.8) is 0 Å². The zero-order chi connectivity index (χ0) is 17.4. The number of hydrogen-bond acceptors (Lipinski definition) is 3. The summed E-state index contributed by atoms with van der Waals surface area (Å²) in [5.74, 6) is 1.00. The molecule has 0 aliphatic carbocycles. The van der Waals surface area contributed by atoms with E-state index in [9.17, 15) is 21.6 Å². The summed E-state index contributed by atoms with van der Waals surface area (Å²) >= 11 is 0. The Kier molecular flexibility index (Phi) is 6.40. The molecule has 3 rings (SSSR count). The predicted octanol–water partition coefficient (Wildman–Crippen LogP) is 3.14. The summed E-state index contributed by atoms with van der Waals surface area (Å²) in [5, 5.41) is 3.30. The maximum absolute atomic E-state index is 13.1. The van der Waals surface area contributed by atoms with Crippen molar-refractivity contribution in [1.29, 1.82) is 0 Å². The molecular weight excluding hydrogens is 377 g/mol. The van der Waals surface area contributed by atoms with E-state index in [-0.39, 0.29) is 25.5 Å². The van der Waals surface area contributed by atoms with Gasteiger partial charge in [-0.25, -0.2) is 8.42 Å². The van der Waals surface area contributed by atoms with Crippen LogP contribution in [-0.2, 0) is 16.2 Å². The number of rotatable bonds is 3. The Labute approximate surface area is 152 Å². The van der Waals surface area contributed by atoms with E-state index in [2.05, 4.69) is 5.32 Å². The number of hydrogen-bond donors (Lipinski definition) is 1. The molecule has 2 aliphatic heterocycles. The first-order valence-corrected chi connectivity index (χ1v) is 9.61. The van der Waals surface area contributed by atoms with Crippen molar-refractivity contribution in [3.05, 3.63) is 29.8 Å². The molecule has 1 atom stereocenters. The number of sulfonamides is 1. The van der Waals surface area contributed by atoms with Crippen molar-refractivity contribution in [3.8, 4) is 0 Å². The highest BCUT2D eigenvalue weighted by molar-refractivity contribution is 7.89. The van der Waals surface area contributed by atoms with Gasteiger partial charge in [-0.1, -0.05) is 12.1 Å². The minimum absolute atomic E-state index is 0. The molecule has 1 N–H and O–H groups in total. The van der Waals surface area contributed by atoms with E-state index in [1.165, 1.54) is 16.4 Å². The second-order valence-corrected chi connectivity index (χ2v) is 8.39. The van der Waals surface area contributed by atoms with Gasteiger partial charge in [-0.15, -0.1) is 12.4 Å². The molecule has 0 aromatic heterocycles. The summed E-state index contributed by atoms with van der Waals surface area (Å²) in [6.45, 7) is 2.52. The van der Waals surface area contributed by atoms with Gasteiger partial charge < -0.3 is 5.32 Å². The highest BCUT2D eigenvalue weighted by Crippen LogP contribution is 2.37. The molecule has 0 saturated carbocycles. The van der Waals surface area contributed by atoms with Crippen molar-refractivity contribution < 1.29 is 21.6 Å². The number of benzene rings is 1. The zero-order valence-corrected chi connectivity index (χ0v) is 15.3. The third kappa shape index (κ3) is 4.30. The van der Waals surface area contributed by atoms with Gasteiger partial charge in [-0.2, -0.15) is 17.5 Å². The minimum Gasteiger partial charge on any atom is -0.316 e. The molecule has 9 heteroatoms. The van der Waals surface area contributed by atoms with Crippen molar-refractivity contribution in [1.82, 2.24) is 9.62 Å². The Hall–Kier alpha value is -0.830. The average Bonchev–Trinajstić information content (AvgIpc) is 3.09. The summed E-state index contributed by atoms with van der Waals surface area (Å²) in [6.07, 6.45) is -2.18. The highest BCUT2D eigenvalue weighted by atomic mass is 35.5. The van der Waals surface area contributed by atoms with E-state index >= 15 is 0 Å². The molecule has 2 heterocycles. The van der Waals surface area contributed by atoms with Crippen LogP contribution in [0.5, 0.6) is 0 Å². The highest BCUT2D eigenvalue weighted by Gasteiger charge is 2.40. The Bertz CT molecular complexity index is 683. The van der Waals surface area contributed by atoms with Crippen LogP contribution < -0.4 is 5.32 Å². The zero-order valence-electron chi connectivity index (χ0n) is 13.6. The molecule has 25 heavy (non-hydrogen) atoms. The van der Waals surface area contributed by atoms with Gasteiger partial charge in [-0.3, -0.25) is 0 Å². The van der Waals surface area contributed by atoms with E-state index < -0.39 is 26.7 Å². The molecule has 4 nitrogen and oxygen atoms in total. The fourth-order valence-corrected chi connectivity index (χ4v) is 5.41. The lowest BCUT2D eigenvalue weighted by atomic mass is 9.84. The number of nitrogens with zero attached hydrogens (tertiary/aromatic N) is 1. The Morgan fingerprint density at radius 2 is 1.68 bits per heavy atom. The largest absolute Gasteiger partial charge is 0.417 e. The molecule has 2 fully saturated rings. The molecular formula is C16H22ClF3N2O2S. The second kappa shape index (κ2) is 7.82. The number of piperidine rings is 1. The van der Waals surface area contributed by atoms with Crippen molar-refractivity contribution in [2.75, 3.05) is 26.2 Å². The molecule has 0 radical (unpaired) electrons. The number of nitrogens with one attached hydrogen (secondary N) is 1. The Morgan fingerprint density at radius 1 is 1.04 bits per heavy atom. The molecule has 0 amide bonds. The van der Waals surface area contributed by atoms with Crippen LogP contribution in [0, 0.1) is 11.8 Å². The van der Waals surface area contributed by atoms with Crippen LogP contribution in [0.1, 0.15) is 24.8 Å². The average molecular weight is 399 g/mol. The molecule has 1 unspecified atom stereocenters. The van der Waals surface area contributed by atoms with Gasteiger partial charge in [0.1, 0.15) is 0 Å². The summed E-state index contributed by atoms with van der Waals surface area (Å²) in [7, 11) is -4.13. The minimum atomic E-state index is -4.68. The first-order chi connectivity index (χ1) is 11.3. The van der Waals surface area contributed by atoms with Gasteiger partial charge in [-0.05, 0) is 56.3 Å². The van der Waals surface area contributed by atoms with Crippen molar-refractivity contribution in [2.24, 2.45) is 11.8 Å². The van der Waals surface area contributed by atoms with Crippen LogP contribution in [0.15, 0.2) is 29.2 Å². The standard InChI is InChI=1S/C16H21F3N2O2S.ClH/c17-16(18,19)14-3-1-2-4-15(14)24(22,23)21-9-6-12(7-10-21)13-5-8-20-11-13;/h1-4,12-13,20H,5-11H2;1H. The van der Waals surface area contributed by atoms with Gasteiger partial charge in [0, 0.05) is 13.1 Å². The third-order valence-electron chi connectivity index (χ3n) is 5.07. The molecule has 1 aromatic rings. The Morgan fingerprint density at radius 3 is 2.24 bits per heavy atom. The SMILES string of the molecule is Cl.O=S(=O)(c1ccccc1C(F)(F)F)N1CCC(C2CCNC2)CC1. The van der Waals surface area contributed by atoms with E-state index in [0.717, 1.165) is 31.6 Å². The topological polar surface area (TPSA) is 49.4 Å². The molecule has 142 valence electrons. The van der Waals surface area contributed by atoms with Crippen LogP contribution in [0.3, 0.4) is 0 Å². The first kappa shape index (κ1) is 20.5.